The summed E-state index contributed by atoms with van der Waals surface area (Å²) < 4.78 is 5.59. The second-order valence-electron chi connectivity index (χ2n) is 9.16. The van der Waals surface area contributed by atoms with Crippen LogP contribution >= 0.6 is 23.6 Å². The minimum Gasteiger partial charge on any atom is -0.494 e. The molecule has 0 radical (unpaired) electrons. The second kappa shape index (κ2) is 10.0. The van der Waals surface area contributed by atoms with Gasteiger partial charge in [0, 0.05) is 10.4 Å². The molecule has 0 aliphatic heterocycles. The fourth-order valence-electron chi connectivity index (χ4n) is 3.93. The van der Waals surface area contributed by atoms with E-state index in [0.717, 1.165) is 31.2 Å². The van der Waals surface area contributed by atoms with Crippen LogP contribution < -0.4 is 21.1 Å². The van der Waals surface area contributed by atoms with E-state index in [1.54, 1.807) is 18.2 Å². The number of thiocarbonyl (C=S) groups is 1. The number of ether oxygens (including phenoxy) is 1. The summed E-state index contributed by atoms with van der Waals surface area (Å²) in [7, 11) is 0. The molecule has 4 N–H and O–H groups in total. The first-order valence-corrected chi connectivity index (χ1v) is 12.1. The smallest absolute Gasteiger partial charge is 0.257 e. The number of amides is 2. The van der Waals surface area contributed by atoms with Gasteiger partial charge in [0.15, 0.2) is 5.11 Å². The van der Waals surface area contributed by atoms with Crippen molar-refractivity contribution in [2.24, 2.45) is 17.1 Å². The lowest BCUT2D eigenvalue weighted by Gasteiger charge is -2.33. The molecule has 1 aliphatic carbocycles. The number of fused-ring (bicyclic) bond motifs is 1. The molecule has 0 spiro atoms. The predicted octanol–water partition coefficient (Wildman–Crippen LogP) is 4.91. The number of thiophene rings is 1. The van der Waals surface area contributed by atoms with E-state index >= 15 is 0 Å². The van der Waals surface area contributed by atoms with Gasteiger partial charge in [-0.1, -0.05) is 33.8 Å². The minimum atomic E-state index is -0.478. The van der Waals surface area contributed by atoms with Crippen LogP contribution in [0.2, 0.25) is 0 Å². The number of carbonyl (C=O) groups is 2. The lowest BCUT2D eigenvalue weighted by atomic mass is 9.72. The summed E-state index contributed by atoms with van der Waals surface area (Å²) in [4.78, 5) is 26.1. The number of nitrogens with two attached hydrogens (primary N) is 1. The van der Waals surface area contributed by atoms with Gasteiger partial charge in [0.1, 0.15) is 10.8 Å². The Kier molecular flexibility index (Phi) is 7.56. The standard InChI is InChI=1S/C24H31N3O3S2/c1-5-11-30-16-8-6-7-14(12-16)21(29)26-23(31)27-22-19(20(25)28)17-10-9-15(24(2,3)4)13-18(17)32-22/h6-8,12,15H,5,9-11,13H2,1-4H3,(H2,25,28)(H2,26,27,29,31)/t15-/m0/s1. The third kappa shape index (κ3) is 5.66. The molecule has 0 saturated carbocycles. The summed E-state index contributed by atoms with van der Waals surface area (Å²) in [5.74, 6) is 0.345. The number of carbonyl (C=O) groups excluding carboxylic acids is 2. The van der Waals surface area contributed by atoms with Gasteiger partial charge in [0.2, 0.25) is 0 Å². The normalized spacial score (nSPS) is 15.6. The molecule has 3 rings (SSSR count). The molecule has 2 aromatic rings. The highest BCUT2D eigenvalue weighted by Gasteiger charge is 2.33. The average molecular weight is 474 g/mol. The topological polar surface area (TPSA) is 93.4 Å². The highest BCUT2D eigenvalue weighted by molar-refractivity contribution is 7.80. The van der Waals surface area contributed by atoms with E-state index in [-0.39, 0.29) is 16.4 Å². The first-order chi connectivity index (χ1) is 15.1. The molecule has 1 aromatic carbocycles. The molecule has 1 aromatic heterocycles. The number of benzene rings is 1. The molecule has 2 amide bonds. The Hall–Kier alpha value is -2.45. The van der Waals surface area contributed by atoms with Crippen molar-refractivity contribution in [3.63, 3.8) is 0 Å². The van der Waals surface area contributed by atoms with Gasteiger partial charge in [-0.3, -0.25) is 14.9 Å². The van der Waals surface area contributed by atoms with Gasteiger partial charge in [0.25, 0.3) is 11.8 Å². The molecular weight excluding hydrogens is 442 g/mol. The summed E-state index contributed by atoms with van der Waals surface area (Å²) in [5.41, 5.74) is 7.85. The lowest BCUT2D eigenvalue weighted by molar-refractivity contribution is 0.0975. The Morgan fingerprint density at radius 1 is 1.31 bits per heavy atom. The number of nitrogens with one attached hydrogen (secondary N) is 2. The maximum absolute atomic E-state index is 12.7. The molecule has 6 nitrogen and oxygen atoms in total. The van der Waals surface area contributed by atoms with Crippen LogP contribution in [-0.4, -0.2) is 23.5 Å². The monoisotopic (exact) mass is 473 g/mol. The van der Waals surface area contributed by atoms with Gasteiger partial charge < -0.3 is 15.8 Å². The Morgan fingerprint density at radius 2 is 2.06 bits per heavy atom. The van der Waals surface area contributed by atoms with Crippen LogP contribution in [0.5, 0.6) is 5.75 Å². The summed E-state index contributed by atoms with van der Waals surface area (Å²) in [6, 6.07) is 6.95. The molecule has 0 bridgehead atoms. The van der Waals surface area contributed by atoms with Crippen molar-refractivity contribution in [1.29, 1.82) is 0 Å². The fraction of sp³-hybridized carbons (Fsp3) is 0.458. The summed E-state index contributed by atoms with van der Waals surface area (Å²) in [6.45, 7) is 9.35. The van der Waals surface area contributed by atoms with E-state index in [4.69, 9.17) is 22.7 Å². The molecular formula is C24H31N3O3S2. The first-order valence-electron chi connectivity index (χ1n) is 10.9. The quantitative estimate of drug-likeness (QED) is 0.518. The molecule has 172 valence electrons. The van der Waals surface area contributed by atoms with E-state index < -0.39 is 5.91 Å². The fourth-order valence-corrected chi connectivity index (χ4v) is 5.53. The Labute approximate surface area is 198 Å². The van der Waals surface area contributed by atoms with Crippen molar-refractivity contribution in [2.45, 2.75) is 53.4 Å². The largest absolute Gasteiger partial charge is 0.494 e. The number of primary amides is 1. The number of hydrogen-bond donors (Lipinski definition) is 3. The van der Waals surface area contributed by atoms with E-state index in [1.807, 2.05) is 13.0 Å². The van der Waals surface area contributed by atoms with Crippen LogP contribution in [0.25, 0.3) is 0 Å². The molecule has 1 atom stereocenters. The van der Waals surface area contributed by atoms with Crippen LogP contribution in [0, 0.1) is 11.3 Å². The molecule has 32 heavy (non-hydrogen) atoms. The number of rotatable bonds is 6. The summed E-state index contributed by atoms with van der Waals surface area (Å²) in [6.07, 6.45) is 3.63. The van der Waals surface area contributed by atoms with Gasteiger partial charge in [0.05, 0.1) is 12.2 Å². The maximum atomic E-state index is 12.7. The van der Waals surface area contributed by atoms with Crippen LogP contribution in [0.3, 0.4) is 0 Å². The Balaban J connectivity index is 1.73. The van der Waals surface area contributed by atoms with Crippen LogP contribution in [0.1, 0.15) is 71.7 Å². The molecule has 1 heterocycles. The van der Waals surface area contributed by atoms with Gasteiger partial charge in [-0.2, -0.15) is 0 Å². The molecule has 0 saturated heterocycles. The van der Waals surface area contributed by atoms with E-state index in [1.165, 1.54) is 16.2 Å². The van der Waals surface area contributed by atoms with Gasteiger partial charge in [-0.05, 0) is 73.0 Å². The molecule has 8 heteroatoms. The van der Waals surface area contributed by atoms with E-state index in [2.05, 4.69) is 31.4 Å². The Morgan fingerprint density at radius 3 is 2.72 bits per heavy atom. The van der Waals surface area contributed by atoms with E-state index in [9.17, 15) is 9.59 Å². The Bertz CT molecular complexity index is 1020. The highest BCUT2D eigenvalue weighted by Crippen LogP contribution is 2.44. The molecule has 0 unspecified atom stereocenters. The predicted molar refractivity (Wildman–Crippen MR) is 134 cm³/mol. The number of hydrogen-bond acceptors (Lipinski definition) is 5. The highest BCUT2D eigenvalue weighted by atomic mass is 32.1. The van der Waals surface area contributed by atoms with Crippen LogP contribution in [0.15, 0.2) is 24.3 Å². The zero-order valence-corrected chi connectivity index (χ0v) is 20.7. The first kappa shape index (κ1) is 24.2. The van der Waals surface area contributed by atoms with Crippen LogP contribution in [0.4, 0.5) is 5.00 Å². The van der Waals surface area contributed by atoms with Crippen molar-refractivity contribution in [3.8, 4) is 5.75 Å². The SMILES string of the molecule is CCCOc1cccc(C(=O)NC(=S)Nc2sc3c(c2C(N)=O)CC[C@H](C(C)(C)C)C3)c1. The van der Waals surface area contributed by atoms with Gasteiger partial charge in [-0.15, -0.1) is 11.3 Å². The van der Waals surface area contributed by atoms with Gasteiger partial charge in [-0.25, -0.2) is 0 Å². The summed E-state index contributed by atoms with van der Waals surface area (Å²) in [5, 5.41) is 6.45. The second-order valence-corrected chi connectivity index (χ2v) is 10.7. The van der Waals surface area contributed by atoms with Crippen molar-refractivity contribution in [2.75, 3.05) is 11.9 Å². The molecule has 0 fully saturated rings. The zero-order valence-electron chi connectivity index (χ0n) is 19.0. The van der Waals surface area contributed by atoms with Crippen molar-refractivity contribution < 1.29 is 14.3 Å². The average Bonchev–Trinajstić information content (AvgIpc) is 3.08. The zero-order chi connectivity index (χ0) is 23.5. The molecule has 1 aliphatic rings. The van der Waals surface area contributed by atoms with Gasteiger partial charge >= 0.3 is 0 Å². The third-order valence-corrected chi connectivity index (χ3v) is 7.13. The van der Waals surface area contributed by atoms with Crippen molar-refractivity contribution >= 4 is 45.5 Å². The minimum absolute atomic E-state index is 0.128. The number of anilines is 1. The lowest BCUT2D eigenvalue weighted by Crippen LogP contribution is -2.34. The van der Waals surface area contributed by atoms with E-state index in [0.29, 0.717) is 34.4 Å². The summed E-state index contributed by atoms with van der Waals surface area (Å²) >= 11 is 6.87. The van der Waals surface area contributed by atoms with Crippen molar-refractivity contribution in [1.82, 2.24) is 5.32 Å². The maximum Gasteiger partial charge on any atom is 0.257 e. The third-order valence-electron chi connectivity index (χ3n) is 5.76. The van der Waals surface area contributed by atoms with Crippen LogP contribution in [-0.2, 0) is 12.8 Å². The van der Waals surface area contributed by atoms with Crippen molar-refractivity contribution in [3.05, 3.63) is 45.8 Å².